The number of pyridine rings is 1. The number of nitrogens with zero attached hydrogens (tertiary/aromatic N) is 2. The highest BCUT2D eigenvalue weighted by molar-refractivity contribution is 6.31. The zero-order chi connectivity index (χ0) is 14.7. The van der Waals surface area contributed by atoms with Crippen molar-refractivity contribution in [2.75, 3.05) is 5.32 Å². The summed E-state index contributed by atoms with van der Waals surface area (Å²) in [5, 5.41) is 13.6. The molecule has 1 atom stereocenters. The number of hydrogen-bond acceptors (Lipinski definition) is 4. The van der Waals surface area contributed by atoms with E-state index in [4.69, 9.17) is 11.6 Å². The molecule has 5 nitrogen and oxygen atoms in total. The molecular formula is C13H11ClFN3O2. The van der Waals surface area contributed by atoms with Gasteiger partial charge in [0, 0.05) is 18.3 Å². The van der Waals surface area contributed by atoms with E-state index in [0.29, 0.717) is 5.69 Å². The topological polar surface area (TPSA) is 68.1 Å². The van der Waals surface area contributed by atoms with Crippen LogP contribution in [0.3, 0.4) is 0 Å². The van der Waals surface area contributed by atoms with Crippen LogP contribution in [-0.2, 0) is 0 Å². The van der Waals surface area contributed by atoms with Gasteiger partial charge in [0.15, 0.2) is 0 Å². The summed E-state index contributed by atoms with van der Waals surface area (Å²) in [7, 11) is 0. The smallest absolute Gasteiger partial charge is 0.294 e. The molecule has 1 N–H and O–H groups in total. The summed E-state index contributed by atoms with van der Waals surface area (Å²) >= 11 is 5.56. The number of nitrogens with one attached hydrogen (secondary N) is 1. The second kappa shape index (κ2) is 5.83. The summed E-state index contributed by atoms with van der Waals surface area (Å²) in [6.45, 7) is 1.78. The Bertz CT molecular complexity index is 637. The minimum atomic E-state index is -0.715. The summed E-state index contributed by atoms with van der Waals surface area (Å²) in [6.07, 6.45) is 1.62. The lowest BCUT2D eigenvalue weighted by Gasteiger charge is -2.15. The lowest BCUT2D eigenvalue weighted by Crippen LogP contribution is -2.10. The first-order valence-corrected chi connectivity index (χ1v) is 6.17. The monoisotopic (exact) mass is 295 g/mol. The number of halogens is 2. The first kappa shape index (κ1) is 14.2. The third kappa shape index (κ3) is 3.03. The molecule has 2 aromatic rings. The van der Waals surface area contributed by atoms with Crippen molar-refractivity contribution in [1.29, 1.82) is 0 Å². The maximum absolute atomic E-state index is 13.5. The van der Waals surface area contributed by atoms with Crippen LogP contribution in [0.4, 0.5) is 15.8 Å². The molecule has 0 aliphatic heterocycles. The van der Waals surface area contributed by atoms with Crippen molar-refractivity contribution >= 4 is 23.0 Å². The van der Waals surface area contributed by atoms with Crippen LogP contribution in [0, 0.1) is 15.9 Å². The summed E-state index contributed by atoms with van der Waals surface area (Å²) in [4.78, 5) is 14.5. The van der Waals surface area contributed by atoms with Gasteiger partial charge in [0.25, 0.3) is 5.69 Å². The summed E-state index contributed by atoms with van der Waals surface area (Å²) in [5.74, 6) is -0.715. The molecule has 0 saturated heterocycles. The van der Waals surface area contributed by atoms with Gasteiger partial charge in [-0.3, -0.25) is 15.1 Å². The zero-order valence-corrected chi connectivity index (χ0v) is 11.3. The van der Waals surface area contributed by atoms with Gasteiger partial charge in [-0.2, -0.15) is 0 Å². The van der Waals surface area contributed by atoms with Crippen molar-refractivity contribution in [3.8, 4) is 0 Å². The van der Waals surface area contributed by atoms with E-state index >= 15 is 0 Å². The van der Waals surface area contributed by atoms with Gasteiger partial charge in [-0.25, -0.2) is 4.39 Å². The number of nitro benzene ring substituents is 1. The molecule has 7 heteroatoms. The summed E-state index contributed by atoms with van der Waals surface area (Å²) in [6, 6.07) is 7.04. The third-order valence-electron chi connectivity index (χ3n) is 2.74. The molecule has 0 aliphatic carbocycles. The van der Waals surface area contributed by atoms with E-state index < -0.39 is 10.7 Å². The van der Waals surface area contributed by atoms with E-state index in [0.717, 1.165) is 12.1 Å². The predicted octanol–water partition coefficient (Wildman–Crippen LogP) is 3.96. The molecule has 0 amide bonds. The number of rotatable bonds is 4. The van der Waals surface area contributed by atoms with Gasteiger partial charge in [-0.1, -0.05) is 17.7 Å². The molecule has 0 bridgehead atoms. The Morgan fingerprint density at radius 3 is 2.80 bits per heavy atom. The largest absolute Gasteiger partial charge is 0.371 e. The second-order valence-electron chi connectivity index (χ2n) is 4.16. The Labute approximate surface area is 119 Å². The van der Waals surface area contributed by atoms with E-state index in [1.807, 2.05) is 0 Å². The molecule has 1 aromatic heterocycles. The van der Waals surface area contributed by atoms with Crippen LogP contribution >= 0.6 is 11.6 Å². The Morgan fingerprint density at radius 2 is 2.20 bits per heavy atom. The minimum absolute atomic E-state index is 0.0649. The number of anilines is 1. The predicted molar refractivity (Wildman–Crippen MR) is 74.3 cm³/mol. The standard InChI is InChI=1S/C13H11ClFN3O2/c1-8(11-4-2-3-5-16-11)17-12-7-10(15)9(14)6-13(12)18(19)20/h2-8,17H,1H3. The Morgan fingerprint density at radius 1 is 1.45 bits per heavy atom. The molecule has 1 heterocycles. The summed E-state index contributed by atoms with van der Waals surface area (Å²) in [5.41, 5.74) is 0.478. The maximum atomic E-state index is 13.5. The molecule has 1 unspecified atom stereocenters. The Hall–Kier alpha value is -2.21. The van der Waals surface area contributed by atoms with Crippen molar-refractivity contribution < 1.29 is 9.31 Å². The third-order valence-corrected chi connectivity index (χ3v) is 3.03. The summed E-state index contributed by atoms with van der Waals surface area (Å²) < 4.78 is 13.5. The first-order valence-electron chi connectivity index (χ1n) is 5.80. The van der Waals surface area contributed by atoms with Gasteiger partial charge >= 0.3 is 0 Å². The lowest BCUT2D eigenvalue weighted by atomic mass is 10.2. The molecular weight excluding hydrogens is 285 g/mol. The van der Waals surface area contributed by atoms with Gasteiger partial charge in [-0.05, 0) is 19.1 Å². The van der Waals surface area contributed by atoms with Crippen LogP contribution in [-0.4, -0.2) is 9.91 Å². The van der Waals surface area contributed by atoms with Crippen molar-refractivity contribution in [3.63, 3.8) is 0 Å². The number of aromatic nitrogens is 1. The number of benzene rings is 1. The average molecular weight is 296 g/mol. The van der Waals surface area contributed by atoms with Gasteiger partial charge in [0.05, 0.1) is 21.7 Å². The van der Waals surface area contributed by atoms with Crippen molar-refractivity contribution in [2.45, 2.75) is 13.0 Å². The van der Waals surface area contributed by atoms with E-state index in [-0.39, 0.29) is 22.4 Å². The highest BCUT2D eigenvalue weighted by Gasteiger charge is 2.19. The van der Waals surface area contributed by atoms with Crippen molar-refractivity contribution in [3.05, 3.63) is 63.2 Å². The van der Waals surface area contributed by atoms with Crippen LogP contribution in [0.25, 0.3) is 0 Å². The molecule has 0 radical (unpaired) electrons. The highest BCUT2D eigenvalue weighted by atomic mass is 35.5. The van der Waals surface area contributed by atoms with Crippen LogP contribution < -0.4 is 5.32 Å². The molecule has 0 aliphatic rings. The van der Waals surface area contributed by atoms with Gasteiger partial charge in [0.1, 0.15) is 11.5 Å². The van der Waals surface area contributed by atoms with Crippen LogP contribution in [0.2, 0.25) is 5.02 Å². The minimum Gasteiger partial charge on any atom is -0.371 e. The van der Waals surface area contributed by atoms with Gasteiger partial charge in [0.2, 0.25) is 0 Å². The maximum Gasteiger partial charge on any atom is 0.294 e. The first-order chi connectivity index (χ1) is 9.49. The Kier molecular flexibility index (Phi) is 4.14. The molecule has 104 valence electrons. The zero-order valence-electron chi connectivity index (χ0n) is 10.5. The Balaban J connectivity index is 2.33. The number of nitro groups is 1. The quantitative estimate of drug-likeness (QED) is 0.685. The van der Waals surface area contributed by atoms with Gasteiger partial charge < -0.3 is 5.32 Å². The van der Waals surface area contributed by atoms with E-state index in [9.17, 15) is 14.5 Å². The molecule has 0 fully saturated rings. The molecule has 20 heavy (non-hydrogen) atoms. The van der Waals surface area contributed by atoms with E-state index in [1.165, 1.54) is 0 Å². The van der Waals surface area contributed by atoms with E-state index in [2.05, 4.69) is 10.3 Å². The van der Waals surface area contributed by atoms with Crippen LogP contribution in [0.5, 0.6) is 0 Å². The second-order valence-corrected chi connectivity index (χ2v) is 4.57. The highest BCUT2D eigenvalue weighted by Crippen LogP contribution is 2.32. The molecule has 1 aromatic carbocycles. The molecule has 0 saturated carbocycles. The van der Waals surface area contributed by atoms with E-state index in [1.54, 1.807) is 31.3 Å². The van der Waals surface area contributed by atoms with Gasteiger partial charge in [-0.15, -0.1) is 0 Å². The fourth-order valence-electron chi connectivity index (χ4n) is 1.74. The normalized spacial score (nSPS) is 11.9. The fourth-order valence-corrected chi connectivity index (χ4v) is 1.90. The van der Waals surface area contributed by atoms with Crippen LogP contribution in [0.15, 0.2) is 36.5 Å². The van der Waals surface area contributed by atoms with Crippen LogP contribution in [0.1, 0.15) is 18.7 Å². The average Bonchev–Trinajstić information content (AvgIpc) is 2.43. The SMILES string of the molecule is CC(Nc1cc(F)c(Cl)cc1[N+](=O)[O-])c1ccccn1. The lowest BCUT2D eigenvalue weighted by molar-refractivity contribution is -0.384. The number of hydrogen-bond donors (Lipinski definition) is 1. The molecule has 2 rings (SSSR count). The molecule has 0 spiro atoms. The van der Waals surface area contributed by atoms with Crippen molar-refractivity contribution in [2.24, 2.45) is 0 Å². The fraction of sp³-hybridized carbons (Fsp3) is 0.154. The van der Waals surface area contributed by atoms with Crippen molar-refractivity contribution in [1.82, 2.24) is 4.98 Å².